The summed E-state index contributed by atoms with van der Waals surface area (Å²) < 4.78 is 0. The predicted molar refractivity (Wildman–Crippen MR) is 162 cm³/mol. The summed E-state index contributed by atoms with van der Waals surface area (Å²) in [4.78, 5) is 74.1. The maximum Gasteiger partial charge on any atom is 0.269 e. The molecule has 0 radical (unpaired) electrons. The molecule has 15 nitrogen and oxygen atoms in total. The number of nitro groups is 1. The van der Waals surface area contributed by atoms with Gasteiger partial charge >= 0.3 is 0 Å². The average Bonchev–Trinajstić information content (AvgIpc) is 2.97. The molecule has 2 aromatic carbocycles. The zero-order valence-electron chi connectivity index (χ0n) is 22.8. The lowest BCUT2D eigenvalue weighted by Gasteiger charge is -2.24. The largest absolute Gasteiger partial charge is 0.399 e. The van der Waals surface area contributed by atoms with E-state index in [4.69, 9.17) is 17.2 Å². The molecule has 10 N–H and O–H groups in total. The number of nitrogens with one attached hydrogen (secondary N) is 4. The van der Waals surface area contributed by atoms with Crippen molar-refractivity contribution in [1.29, 1.82) is 0 Å². The van der Waals surface area contributed by atoms with E-state index in [0.717, 1.165) is 27.2 Å². The highest BCUT2D eigenvalue weighted by molar-refractivity contribution is 8.76. The molecule has 5 amide bonds. The smallest absolute Gasteiger partial charge is 0.269 e. The number of carbonyl (C=O) groups is 5. The first kappa shape index (κ1) is 33.2. The van der Waals surface area contributed by atoms with Gasteiger partial charge in [0.15, 0.2) is 0 Å². The molecule has 0 aliphatic carbocycles. The summed E-state index contributed by atoms with van der Waals surface area (Å²) in [6, 6.07) is 7.88. The summed E-state index contributed by atoms with van der Waals surface area (Å²) in [6.45, 7) is -0.524. The van der Waals surface area contributed by atoms with E-state index in [1.54, 1.807) is 24.3 Å². The molecular weight excluding hydrogens is 600 g/mol. The van der Waals surface area contributed by atoms with E-state index < -0.39 is 65.2 Å². The van der Waals surface area contributed by atoms with Crippen LogP contribution in [0.3, 0.4) is 0 Å². The highest BCUT2D eigenvalue weighted by Gasteiger charge is 2.29. The van der Waals surface area contributed by atoms with Crippen molar-refractivity contribution in [3.05, 3.63) is 69.8 Å². The normalized spacial score (nSPS) is 20.9. The number of carbonyl (C=O) groups excluding carboxylic acids is 5. The Morgan fingerprint density at radius 3 is 2.23 bits per heavy atom. The van der Waals surface area contributed by atoms with Crippen LogP contribution in [0.1, 0.15) is 11.1 Å². The quantitative estimate of drug-likeness (QED) is 0.0782. The second-order valence-corrected chi connectivity index (χ2v) is 12.2. The lowest BCUT2D eigenvalue weighted by molar-refractivity contribution is -0.384. The number of benzene rings is 2. The van der Waals surface area contributed by atoms with Gasteiger partial charge in [0.1, 0.15) is 18.1 Å². The van der Waals surface area contributed by atoms with E-state index in [0.29, 0.717) is 11.3 Å². The van der Waals surface area contributed by atoms with Crippen LogP contribution in [-0.2, 0) is 36.8 Å². The van der Waals surface area contributed by atoms with Crippen molar-refractivity contribution in [3.8, 4) is 0 Å². The number of nitro benzene ring substituents is 1. The Labute approximate surface area is 254 Å². The maximum atomic E-state index is 13.1. The number of nitrogens with zero attached hydrogens (tertiary/aromatic N) is 1. The molecule has 1 aliphatic heterocycles. The first-order valence-corrected chi connectivity index (χ1v) is 15.5. The first-order chi connectivity index (χ1) is 20.4. The van der Waals surface area contributed by atoms with Crippen LogP contribution in [0.15, 0.2) is 48.5 Å². The van der Waals surface area contributed by atoms with Gasteiger partial charge in [0.2, 0.25) is 29.5 Å². The van der Waals surface area contributed by atoms with Crippen molar-refractivity contribution in [2.75, 3.05) is 23.8 Å². The zero-order valence-corrected chi connectivity index (χ0v) is 24.5. The van der Waals surface area contributed by atoms with Crippen LogP contribution < -0.4 is 38.5 Å². The van der Waals surface area contributed by atoms with Gasteiger partial charge in [0, 0.05) is 35.7 Å². The van der Waals surface area contributed by atoms with Gasteiger partial charge in [-0.2, -0.15) is 0 Å². The summed E-state index contributed by atoms with van der Waals surface area (Å²) in [5, 5.41) is 21.1. The molecule has 1 saturated heterocycles. The minimum atomic E-state index is -1.20. The molecule has 43 heavy (non-hydrogen) atoms. The number of anilines is 1. The van der Waals surface area contributed by atoms with E-state index in [1.807, 2.05) is 0 Å². The van der Waals surface area contributed by atoms with Crippen molar-refractivity contribution in [3.63, 3.8) is 0 Å². The van der Waals surface area contributed by atoms with Crippen molar-refractivity contribution < 1.29 is 28.9 Å². The SMILES string of the molecule is NC(=O)[C@H]1CSSC[C@@H](NC(=O)[C@@H](N)Cc2ccc(N)cc2)C(=O)NCC(=O)N[C@@H](Cc2ccc([N+](=O)[O-])cc2)C(=O)N1. The number of primary amides is 1. The molecular formula is C26H32N8O7S2. The topological polar surface area (TPSA) is 255 Å². The third-order valence-corrected chi connectivity index (χ3v) is 8.70. The minimum Gasteiger partial charge on any atom is -0.399 e. The summed E-state index contributed by atoms with van der Waals surface area (Å²) >= 11 is 0. The molecule has 230 valence electrons. The maximum absolute atomic E-state index is 13.1. The molecule has 0 unspecified atom stereocenters. The molecule has 1 aliphatic rings. The van der Waals surface area contributed by atoms with Gasteiger partial charge in [-0.15, -0.1) is 0 Å². The summed E-state index contributed by atoms with van der Waals surface area (Å²) in [5.74, 6) is -3.40. The van der Waals surface area contributed by atoms with Crippen molar-refractivity contribution in [2.24, 2.45) is 11.5 Å². The molecule has 0 aromatic heterocycles. The summed E-state index contributed by atoms with van der Waals surface area (Å²) in [7, 11) is 2.30. The van der Waals surface area contributed by atoms with Crippen LogP contribution in [0, 0.1) is 10.1 Å². The molecule has 1 heterocycles. The van der Waals surface area contributed by atoms with E-state index in [-0.39, 0.29) is 30.0 Å². The van der Waals surface area contributed by atoms with Crippen LogP contribution in [0.5, 0.6) is 0 Å². The molecule has 0 bridgehead atoms. The fourth-order valence-corrected chi connectivity index (χ4v) is 6.24. The number of rotatable bonds is 8. The third kappa shape index (κ3) is 10.5. The molecule has 1 fully saturated rings. The van der Waals surface area contributed by atoms with Gasteiger partial charge in [0.05, 0.1) is 17.5 Å². The second kappa shape index (κ2) is 15.8. The van der Waals surface area contributed by atoms with Gasteiger partial charge < -0.3 is 38.5 Å². The Kier molecular flexibility index (Phi) is 12.2. The van der Waals surface area contributed by atoms with Gasteiger partial charge in [-0.25, -0.2) is 0 Å². The monoisotopic (exact) mass is 632 g/mol. The van der Waals surface area contributed by atoms with Crippen molar-refractivity contribution in [1.82, 2.24) is 21.3 Å². The lowest BCUT2D eigenvalue weighted by atomic mass is 10.0. The Morgan fingerprint density at radius 1 is 0.977 bits per heavy atom. The number of hydrogen-bond acceptors (Lipinski definition) is 11. The van der Waals surface area contributed by atoms with Gasteiger partial charge in [-0.05, 0) is 29.7 Å². The Hall–Kier alpha value is -4.35. The minimum absolute atomic E-state index is 0.0306. The van der Waals surface area contributed by atoms with E-state index >= 15 is 0 Å². The third-order valence-electron chi connectivity index (χ3n) is 6.28. The Morgan fingerprint density at radius 2 is 1.60 bits per heavy atom. The zero-order chi connectivity index (χ0) is 31.5. The molecule has 0 saturated carbocycles. The highest BCUT2D eigenvalue weighted by atomic mass is 33.1. The van der Waals surface area contributed by atoms with E-state index in [9.17, 15) is 34.1 Å². The average molecular weight is 633 g/mol. The Balaban J connectivity index is 1.72. The van der Waals surface area contributed by atoms with Gasteiger partial charge in [-0.1, -0.05) is 45.9 Å². The van der Waals surface area contributed by atoms with Crippen molar-refractivity contribution in [2.45, 2.75) is 37.0 Å². The fraction of sp³-hybridized carbons (Fsp3) is 0.346. The predicted octanol–water partition coefficient (Wildman–Crippen LogP) is -1.26. The number of hydrogen-bond donors (Lipinski definition) is 7. The van der Waals surface area contributed by atoms with Crippen LogP contribution in [0.25, 0.3) is 0 Å². The molecule has 3 rings (SSSR count). The first-order valence-electron chi connectivity index (χ1n) is 13.0. The van der Waals surface area contributed by atoms with Gasteiger partial charge in [-0.3, -0.25) is 34.1 Å². The molecule has 0 spiro atoms. The van der Waals surface area contributed by atoms with Gasteiger partial charge in [0.25, 0.3) is 5.69 Å². The number of nitrogen functional groups attached to an aromatic ring is 1. The Bertz CT molecular complexity index is 1340. The number of nitrogens with two attached hydrogens (primary N) is 3. The summed E-state index contributed by atoms with van der Waals surface area (Å²) in [5.41, 5.74) is 18.9. The van der Waals surface area contributed by atoms with E-state index in [2.05, 4.69) is 21.3 Å². The highest BCUT2D eigenvalue weighted by Crippen LogP contribution is 2.23. The molecule has 2 aromatic rings. The lowest BCUT2D eigenvalue weighted by Crippen LogP contribution is -2.57. The fourth-order valence-electron chi connectivity index (χ4n) is 3.90. The number of amides is 5. The van der Waals surface area contributed by atoms with Crippen LogP contribution in [0.4, 0.5) is 11.4 Å². The van der Waals surface area contributed by atoms with E-state index in [1.165, 1.54) is 24.3 Å². The van der Waals surface area contributed by atoms with Crippen LogP contribution in [-0.4, -0.2) is 76.7 Å². The van der Waals surface area contributed by atoms with Crippen LogP contribution in [0.2, 0.25) is 0 Å². The van der Waals surface area contributed by atoms with Crippen LogP contribution >= 0.6 is 21.6 Å². The summed E-state index contributed by atoms with van der Waals surface area (Å²) in [6.07, 6.45) is 0.127. The number of non-ortho nitro benzene ring substituents is 1. The second-order valence-electron chi connectivity index (χ2n) is 9.61. The molecule has 4 atom stereocenters. The van der Waals surface area contributed by atoms with Crippen molar-refractivity contribution >= 4 is 62.5 Å². The standard InChI is InChI=1S/C26H32N8O7S2/c27-16-5-1-14(2-6-16)9-18(28)24(37)33-21-13-43-42-12-20(23(29)36)32-26(39)19(31-22(35)11-30-25(21)38)10-15-3-7-17(8-4-15)34(40)41/h1-8,18-21H,9-13,27-28H2,(H2,29,36)(H,30,38)(H,31,35)(H,32,39)(H,33,37)/t18-,19-,20+,21+/m0/s1. The molecule has 17 heteroatoms.